The van der Waals surface area contributed by atoms with Gasteiger partial charge in [-0.15, -0.1) is 0 Å². The maximum atomic E-state index is 12.7. The highest BCUT2D eigenvalue weighted by Gasteiger charge is 2.18. The maximum absolute atomic E-state index is 12.7. The number of nitrogens with one attached hydrogen (secondary N) is 1. The van der Waals surface area contributed by atoms with Crippen molar-refractivity contribution >= 4 is 20.9 Å². The van der Waals surface area contributed by atoms with Gasteiger partial charge in [-0.25, -0.2) is 13.1 Å². The van der Waals surface area contributed by atoms with Crippen molar-refractivity contribution in [2.24, 2.45) is 0 Å². The highest BCUT2D eigenvalue weighted by molar-refractivity contribution is 7.89. The van der Waals surface area contributed by atoms with Crippen molar-refractivity contribution in [3.8, 4) is 0 Å². The molecule has 6 heteroatoms. The van der Waals surface area contributed by atoms with Crippen LogP contribution in [-0.4, -0.2) is 37.9 Å². The van der Waals surface area contributed by atoms with Crippen LogP contribution >= 0.6 is 0 Å². The third-order valence-corrected chi connectivity index (χ3v) is 6.53. The Morgan fingerprint density at radius 1 is 1.00 bits per heavy atom. The summed E-state index contributed by atoms with van der Waals surface area (Å²) in [6.07, 6.45) is 3.46. The Morgan fingerprint density at radius 3 is 2.70 bits per heavy atom. The lowest BCUT2D eigenvalue weighted by atomic mass is 10.00. The fraction of sp³-hybridized carbons (Fsp3) is 0.286. The molecule has 4 rings (SSSR count). The minimum atomic E-state index is -3.57. The molecule has 1 aliphatic heterocycles. The van der Waals surface area contributed by atoms with E-state index in [1.165, 1.54) is 11.1 Å². The summed E-state index contributed by atoms with van der Waals surface area (Å²) in [6.45, 7) is 3.27. The van der Waals surface area contributed by atoms with Crippen LogP contribution in [0.2, 0.25) is 0 Å². The summed E-state index contributed by atoms with van der Waals surface area (Å²) in [6, 6.07) is 17.5. The van der Waals surface area contributed by atoms with Crippen LogP contribution in [0.1, 0.15) is 17.5 Å². The summed E-state index contributed by atoms with van der Waals surface area (Å²) < 4.78 is 28.1. The number of hydrogen-bond donors (Lipinski definition) is 1. The van der Waals surface area contributed by atoms with Crippen molar-refractivity contribution in [1.29, 1.82) is 0 Å². The number of hydrogen-bond acceptors (Lipinski definition) is 4. The topological polar surface area (TPSA) is 62.3 Å². The number of rotatable bonds is 6. The zero-order valence-electron chi connectivity index (χ0n) is 15.1. The number of nitrogens with zero attached hydrogens (tertiary/aromatic N) is 2. The molecule has 3 aromatic rings. The van der Waals surface area contributed by atoms with Crippen LogP contribution in [0.5, 0.6) is 0 Å². The molecule has 2 aromatic carbocycles. The van der Waals surface area contributed by atoms with Crippen molar-refractivity contribution in [2.75, 3.05) is 19.6 Å². The molecule has 0 atom stereocenters. The Morgan fingerprint density at radius 2 is 1.81 bits per heavy atom. The maximum Gasteiger partial charge on any atom is 0.242 e. The van der Waals surface area contributed by atoms with Crippen LogP contribution in [0.3, 0.4) is 0 Å². The number of aromatic nitrogens is 1. The van der Waals surface area contributed by atoms with Gasteiger partial charge in [-0.3, -0.25) is 9.88 Å². The van der Waals surface area contributed by atoms with Crippen LogP contribution in [-0.2, 0) is 23.0 Å². The summed E-state index contributed by atoms with van der Waals surface area (Å²) in [4.78, 5) is 6.87. The molecule has 0 fully saturated rings. The molecular formula is C21H23N3O2S. The van der Waals surface area contributed by atoms with Crippen molar-refractivity contribution < 1.29 is 8.42 Å². The summed E-state index contributed by atoms with van der Waals surface area (Å²) in [5, 5.41) is 0.826. The third kappa shape index (κ3) is 4.03. The molecule has 5 nitrogen and oxygen atoms in total. The molecule has 0 saturated carbocycles. The van der Waals surface area contributed by atoms with E-state index in [1.807, 2.05) is 18.2 Å². The number of para-hydroxylation sites is 1. The largest absolute Gasteiger partial charge is 0.299 e. The predicted octanol–water partition coefficient (Wildman–Crippen LogP) is 2.96. The Hall–Kier alpha value is -2.28. The van der Waals surface area contributed by atoms with E-state index in [4.69, 9.17) is 0 Å². The van der Waals surface area contributed by atoms with Gasteiger partial charge < -0.3 is 0 Å². The zero-order chi connectivity index (χ0) is 18.7. The number of fused-ring (bicyclic) bond motifs is 2. The van der Waals surface area contributed by atoms with Gasteiger partial charge in [-0.1, -0.05) is 42.5 Å². The van der Waals surface area contributed by atoms with E-state index in [2.05, 4.69) is 38.9 Å². The second-order valence-corrected chi connectivity index (χ2v) is 8.61. The van der Waals surface area contributed by atoms with Crippen LogP contribution in [0.25, 0.3) is 10.9 Å². The number of sulfonamides is 1. The predicted molar refractivity (Wildman–Crippen MR) is 107 cm³/mol. The van der Waals surface area contributed by atoms with Gasteiger partial charge in [0, 0.05) is 31.2 Å². The van der Waals surface area contributed by atoms with Crippen molar-refractivity contribution in [1.82, 2.24) is 14.6 Å². The average molecular weight is 382 g/mol. The summed E-state index contributed by atoms with van der Waals surface area (Å²) in [5.74, 6) is 0. The van der Waals surface area contributed by atoms with Crippen molar-refractivity contribution in [3.63, 3.8) is 0 Å². The van der Waals surface area contributed by atoms with E-state index in [1.54, 1.807) is 18.3 Å². The summed E-state index contributed by atoms with van der Waals surface area (Å²) >= 11 is 0. The molecular weight excluding hydrogens is 358 g/mol. The van der Waals surface area contributed by atoms with Gasteiger partial charge in [0.25, 0.3) is 0 Å². The average Bonchev–Trinajstić information content (AvgIpc) is 2.70. The quantitative estimate of drug-likeness (QED) is 0.667. The summed E-state index contributed by atoms with van der Waals surface area (Å²) in [5.41, 5.74) is 3.32. The molecule has 1 N–H and O–H groups in total. The van der Waals surface area contributed by atoms with Gasteiger partial charge in [-0.05, 0) is 42.6 Å². The fourth-order valence-corrected chi connectivity index (χ4v) is 4.88. The van der Waals surface area contributed by atoms with Crippen LogP contribution in [0.15, 0.2) is 65.7 Å². The number of benzene rings is 2. The number of pyridine rings is 1. The Labute approximate surface area is 160 Å². The molecule has 1 aromatic heterocycles. The zero-order valence-corrected chi connectivity index (χ0v) is 16.0. The summed E-state index contributed by atoms with van der Waals surface area (Å²) in [7, 11) is -3.57. The van der Waals surface area contributed by atoms with E-state index in [-0.39, 0.29) is 4.90 Å². The fourth-order valence-electron chi connectivity index (χ4n) is 3.63. The molecule has 0 unspecified atom stereocenters. The molecule has 0 saturated heterocycles. The first-order chi connectivity index (χ1) is 13.1. The lowest BCUT2D eigenvalue weighted by Gasteiger charge is -2.28. The van der Waals surface area contributed by atoms with Crippen LogP contribution < -0.4 is 4.72 Å². The molecule has 0 amide bonds. The minimum absolute atomic E-state index is 0.243. The normalized spacial score (nSPS) is 15.0. The van der Waals surface area contributed by atoms with E-state index in [0.29, 0.717) is 12.1 Å². The molecule has 0 radical (unpaired) electrons. The highest BCUT2D eigenvalue weighted by Crippen LogP contribution is 2.21. The molecule has 27 heavy (non-hydrogen) atoms. The van der Waals surface area contributed by atoms with Gasteiger partial charge >= 0.3 is 0 Å². The Balaban J connectivity index is 1.35. The first-order valence-electron chi connectivity index (χ1n) is 9.26. The molecule has 2 heterocycles. The molecule has 0 aliphatic carbocycles. The van der Waals surface area contributed by atoms with Crippen LogP contribution in [0.4, 0.5) is 0 Å². The smallest absolute Gasteiger partial charge is 0.242 e. The van der Waals surface area contributed by atoms with Gasteiger partial charge in [0.2, 0.25) is 10.0 Å². The van der Waals surface area contributed by atoms with Gasteiger partial charge in [0.05, 0.1) is 5.52 Å². The lowest BCUT2D eigenvalue weighted by Crippen LogP contribution is -2.33. The second-order valence-electron chi connectivity index (χ2n) is 6.88. The van der Waals surface area contributed by atoms with Crippen molar-refractivity contribution in [3.05, 3.63) is 71.9 Å². The minimum Gasteiger partial charge on any atom is -0.299 e. The van der Waals surface area contributed by atoms with E-state index >= 15 is 0 Å². The second kappa shape index (κ2) is 7.76. The van der Waals surface area contributed by atoms with E-state index in [9.17, 15) is 8.42 Å². The first kappa shape index (κ1) is 18.1. The van der Waals surface area contributed by atoms with Gasteiger partial charge in [0.15, 0.2) is 0 Å². The standard InChI is InChI=1S/C21H23N3O2S/c25-27(26,20-10-3-8-18-9-4-12-22-21(18)20)23-13-5-14-24-15-11-17-6-1-2-7-19(17)16-24/h1-4,6-10,12,23H,5,11,13-16H2. The molecule has 0 spiro atoms. The SMILES string of the molecule is O=S(=O)(NCCCN1CCc2ccccc2C1)c1cccc2cccnc12. The molecule has 140 valence electrons. The van der Waals surface area contributed by atoms with Gasteiger partial charge in [-0.2, -0.15) is 0 Å². The first-order valence-corrected chi connectivity index (χ1v) is 10.7. The highest BCUT2D eigenvalue weighted by atomic mass is 32.2. The van der Waals surface area contributed by atoms with E-state index < -0.39 is 10.0 Å². The Bertz CT molecular complexity index is 1040. The molecule has 1 aliphatic rings. The Kier molecular flexibility index (Phi) is 5.20. The van der Waals surface area contributed by atoms with E-state index in [0.717, 1.165) is 37.9 Å². The van der Waals surface area contributed by atoms with Crippen molar-refractivity contribution in [2.45, 2.75) is 24.3 Å². The van der Waals surface area contributed by atoms with Crippen LogP contribution in [0, 0.1) is 0 Å². The van der Waals surface area contributed by atoms with Gasteiger partial charge in [0.1, 0.15) is 4.90 Å². The molecule has 0 bridgehead atoms. The third-order valence-electron chi connectivity index (χ3n) is 5.04. The lowest BCUT2D eigenvalue weighted by molar-refractivity contribution is 0.251. The monoisotopic (exact) mass is 381 g/mol.